The molecule has 2 fully saturated rings. The minimum absolute atomic E-state index is 0.0557. The van der Waals surface area contributed by atoms with Gasteiger partial charge in [-0.25, -0.2) is 8.78 Å². The first-order chi connectivity index (χ1) is 16.4. The van der Waals surface area contributed by atoms with E-state index in [9.17, 15) is 18.4 Å². The molecule has 0 saturated carbocycles. The van der Waals surface area contributed by atoms with Gasteiger partial charge in [-0.15, -0.1) is 11.8 Å². The number of rotatable bonds is 5. The van der Waals surface area contributed by atoms with Crippen molar-refractivity contribution in [2.75, 3.05) is 45.8 Å². The van der Waals surface area contributed by atoms with E-state index in [1.165, 1.54) is 16.0 Å². The third-order valence-corrected chi connectivity index (χ3v) is 8.93. The highest BCUT2D eigenvalue weighted by molar-refractivity contribution is 7.99. The van der Waals surface area contributed by atoms with Gasteiger partial charge in [-0.3, -0.25) is 9.59 Å². The van der Waals surface area contributed by atoms with Crippen LogP contribution in [-0.4, -0.2) is 72.3 Å². The second kappa shape index (κ2) is 9.66. The number of likely N-dealkylation sites (tertiary alicyclic amines) is 1. The quantitative estimate of drug-likeness (QED) is 0.645. The van der Waals surface area contributed by atoms with Crippen molar-refractivity contribution in [1.82, 2.24) is 14.7 Å². The fourth-order valence-corrected chi connectivity index (χ4v) is 6.91. The molecule has 5 nitrogen and oxygen atoms in total. The van der Waals surface area contributed by atoms with Gasteiger partial charge in [0.2, 0.25) is 5.91 Å². The molecule has 3 aliphatic rings. The van der Waals surface area contributed by atoms with Crippen molar-refractivity contribution >= 4 is 23.6 Å². The first kappa shape index (κ1) is 23.3. The van der Waals surface area contributed by atoms with Crippen LogP contribution in [0.3, 0.4) is 0 Å². The molecule has 0 aromatic heterocycles. The van der Waals surface area contributed by atoms with Crippen LogP contribution in [0.5, 0.6) is 0 Å². The fraction of sp³-hybridized carbons (Fsp3) is 0.462. The van der Waals surface area contributed by atoms with Crippen LogP contribution < -0.4 is 0 Å². The second-order valence-electron chi connectivity index (χ2n) is 9.40. The van der Waals surface area contributed by atoms with E-state index in [1.54, 1.807) is 4.90 Å². The number of hydrogen-bond acceptors (Lipinski definition) is 4. The van der Waals surface area contributed by atoms with Crippen molar-refractivity contribution < 1.29 is 18.4 Å². The van der Waals surface area contributed by atoms with Gasteiger partial charge in [0.05, 0.1) is 0 Å². The Hall–Kier alpha value is -2.45. The third kappa shape index (κ3) is 4.70. The van der Waals surface area contributed by atoms with Crippen molar-refractivity contribution in [2.24, 2.45) is 0 Å². The van der Waals surface area contributed by atoms with E-state index >= 15 is 0 Å². The Morgan fingerprint density at radius 2 is 1.71 bits per heavy atom. The lowest BCUT2D eigenvalue weighted by Crippen LogP contribution is -2.52. The lowest BCUT2D eigenvalue weighted by molar-refractivity contribution is -0.135. The highest BCUT2D eigenvalue weighted by Crippen LogP contribution is 2.53. The molecule has 1 spiro atoms. The Kier molecular flexibility index (Phi) is 6.62. The number of carbonyl (C=O) groups is 2. The summed E-state index contributed by atoms with van der Waals surface area (Å²) in [7, 11) is 0. The van der Waals surface area contributed by atoms with Crippen molar-refractivity contribution in [3.05, 3.63) is 70.8 Å². The molecule has 2 amide bonds. The lowest BCUT2D eigenvalue weighted by atomic mass is 9.86. The molecule has 0 bridgehead atoms. The number of carbonyl (C=O) groups excluding carboxylic acids is 2. The second-order valence-corrected chi connectivity index (χ2v) is 10.8. The summed E-state index contributed by atoms with van der Waals surface area (Å²) >= 11 is 2.09. The SMILES string of the molecule is O=C1CN(C(=O)c2cc(F)cc(F)c2)CCN1CCCN1CCC2(CC1)SCc1ccccc12. The topological polar surface area (TPSA) is 43.9 Å². The number of thioether (sulfide) groups is 1. The van der Waals surface area contributed by atoms with E-state index in [2.05, 4.69) is 40.9 Å². The number of amides is 2. The summed E-state index contributed by atoms with van der Waals surface area (Å²) < 4.78 is 27.2. The van der Waals surface area contributed by atoms with Crippen LogP contribution in [-0.2, 0) is 15.3 Å². The van der Waals surface area contributed by atoms with Crippen LogP contribution in [0.15, 0.2) is 42.5 Å². The number of halogens is 2. The first-order valence-electron chi connectivity index (χ1n) is 11.9. The zero-order chi connectivity index (χ0) is 23.7. The average Bonchev–Trinajstić information content (AvgIpc) is 3.18. The third-order valence-electron chi connectivity index (χ3n) is 7.29. The van der Waals surface area contributed by atoms with Crippen LogP contribution in [0.1, 0.15) is 40.7 Å². The van der Waals surface area contributed by atoms with Crippen LogP contribution in [0.25, 0.3) is 0 Å². The maximum Gasteiger partial charge on any atom is 0.254 e. The zero-order valence-electron chi connectivity index (χ0n) is 19.1. The van der Waals surface area contributed by atoms with Crippen LogP contribution in [0.4, 0.5) is 8.78 Å². The molecular weight excluding hydrogens is 456 g/mol. The summed E-state index contributed by atoms with van der Waals surface area (Å²) in [6.45, 7) is 4.51. The highest BCUT2D eigenvalue weighted by Gasteiger charge is 2.41. The van der Waals surface area contributed by atoms with Crippen LogP contribution in [0.2, 0.25) is 0 Å². The summed E-state index contributed by atoms with van der Waals surface area (Å²) in [5, 5.41) is 0. The molecule has 0 atom stereocenters. The number of piperazine rings is 1. The average molecular weight is 486 g/mol. The van der Waals surface area contributed by atoms with E-state index in [1.807, 2.05) is 0 Å². The van der Waals surface area contributed by atoms with Crippen LogP contribution in [0, 0.1) is 11.6 Å². The Morgan fingerprint density at radius 1 is 0.971 bits per heavy atom. The molecule has 8 heteroatoms. The number of hydrogen-bond donors (Lipinski definition) is 0. The van der Waals surface area contributed by atoms with Gasteiger partial charge in [0.1, 0.15) is 18.2 Å². The van der Waals surface area contributed by atoms with Gasteiger partial charge < -0.3 is 14.7 Å². The maximum absolute atomic E-state index is 13.4. The molecule has 5 rings (SSSR count). The Morgan fingerprint density at radius 3 is 2.44 bits per heavy atom. The standard InChI is InChI=1S/C26H29F2N3O2S/c27-21-14-20(15-22(28)16-21)25(33)31-13-12-30(24(32)17-31)9-3-8-29-10-6-26(7-11-29)23-5-2-1-4-19(23)18-34-26/h1-2,4-5,14-16H,3,6-13,17-18H2. The van der Waals surface area contributed by atoms with E-state index in [0.29, 0.717) is 19.6 Å². The Labute approximate surface area is 203 Å². The molecule has 0 radical (unpaired) electrons. The number of piperidine rings is 1. The summed E-state index contributed by atoms with van der Waals surface area (Å²) in [6, 6.07) is 11.6. The van der Waals surface area contributed by atoms with E-state index in [-0.39, 0.29) is 22.8 Å². The van der Waals surface area contributed by atoms with E-state index < -0.39 is 17.5 Å². The van der Waals surface area contributed by atoms with E-state index in [0.717, 1.165) is 62.8 Å². The summed E-state index contributed by atoms with van der Waals surface area (Å²) in [6.07, 6.45) is 3.22. The predicted octanol–water partition coefficient (Wildman–Crippen LogP) is 3.88. The lowest BCUT2D eigenvalue weighted by Gasteiger charge is -2.40. The van der Waals surface area contributed by atoms with Gasteiger partial charge in [0.15, 0.2) is 0 Å². The van der Waals surface area contributed by atoms with Crippen molar-refractivity contribution in [2.45, 2.75) is 29.8 Å². The molecule has 2 aromatic rings. The molecule has 34 heavy (non-hydrogen) atoms. The molecule has 3 aliphatic heterocycles. The largest absolute Gasteiger partial charge is 0.339 e. The van der Waals surface area contributed by atoms with Gasteiger partial charge in [-0.05, 0) is 62.2 Å². The molecule has 180 valence electrons. The van der Waals surface area contributed by atoms with Crippen LogP contribution >= 0.6 is 11.8 Å². The van der Waals surface area contributed by atoms with Crippen molar-refractivity contribution in [3.63, 3.8) is 0 Å². The summed E-state index contributed by atoms with van der Waals surface area (Å²) in [5.41, 5.74) is 2.95. The molecule has 2 saturated heterocycles. The summed E-state index contributed by atoms with van der Waals surface area (Å²) in [5.74, 6) is -1.12. The molecule has 0 unspecified atom stereocenters. The van der Waals surface area contributed by atoms with Gasteiger partial charge >= 0.3 is 0 Å². The Bertz CT molecular complexity index is 1070. The molecular formula is C26H29F2N3O2S. The zero-order valence-corrected chi connectivity index (χ0v) is 20.0. The predicted molar refractivity (Wildman–Crippen MR) is 129 cm³/mol. The number of benzene rings is 2. The maximum atomic E-state index is 13.4. The highest BCUT2D eigenvalue weighted by atomic mass is 32.2. The number of nitrogens with zero attached hydrogens (tertiary/aromatic N) is 3. The molecule has 0 aliphatic carbocycles. The van der Waals surface area contributed by atoms with Crippen molar-refractivity contribution in [1.29, 1.82) is 0 Å². The van der Waals surface area contributed by atoms with Gasteiger partial charge in [-0.1, -0.05) is 24.3 Å². The van der Waals surface area contributed by atoms with E-state index in [4.69, 9.17) is 0 Å². The smallest absolute Gasteiger partial charge is 0.254 e. The normalized spacial score (nSPS) is 20.1. The fourth-order valence-electron chi connectivity index (χ4n) is 5.40. The molecule has 3 heterocycles. The monoisotopic (exact) mass is 485 g/mol. The minimum atomic E-state index is -0.798. The molecule has 0 N–H and O–H groups in total. The van der Waals surface area contributed by atoms with Gasteiger partial charge in [0.25, 0.3) is 5.91 Å². The number of fused-ring (bicyclic) bond motifs is 2. The minimum Gasteiger partial charge on any atom is -0.339 e. The van der Waals surface area contributed by atoms with Gasteiger partial charge in [-0.2, -0.15) is 0 Å². The van der Waals surface area contributed by atoms with Gasteiger partial charge in [0, 0.05) is 41.8 Å². The first-order valence-corrected chi connectivity index (χ1v) is 12.9. The van der Waals surface area contributed by atoms with Crippen molar-refractivity contribution in [3.8, 4) is 0 Å². The molecule has 2 aromatic carbocycles. The Balaban J connectivity index is 1.07. The summed E-state index contributed by atoms with van der Waals surface area (Å²) in [4.78, 5) is 30.8.